The third kappa shape index (κ3) is 6.33. The summed E-state index contributed by atoms with van der Waals surface area (Å²) in [5.74, 6) is -1.34. The van der Waals surface area contributed by atoms with Gasteiger partial charge in [0.05, 0.1) is 4.90 Å². The van der Waals surface area contributed by atoms with Crippen molar-refractivity contribution >= 4 is 33.5 Å². The van der Waals surface area contributed by atoms with Crippen LogP contribution in [-0.2, 0) is 30.9 Å². The predicted molar refractivity (Wildman–Crippen MR) is 105 cm³/mol. The summed E-state index contributed by atoms with van der Waals surface area (Å²) < 4.78 is 31.9. The fraction of sp³-hybridized carbons (Fsp3) is 0.263. The first-order valence-corrected chi connectivity index (χ1v) is 10.3. The zero-order chi connectivity index (χ0) is 20.7. The fourth-order valence-corrected chi connectivity index (χ4v) is 3.54. The lowest BCUT2D eigenvalue weighted by molar-refractivity contribution is -0.156. The number of halogens is 1. The number of carbonyl (C=O) groups excluding carboxylic acids is 2. The van der Waals surface area contributed by atoms with Gasteiger partial charge in [0.2, 0.25) is 10.0 Å². The third-order valence-corrected chi connectivity index (χ3v) is 5.59. The maximum absolute atomic E-state index is 12.3. The molecule has 7 nitrogen and oxygen atoms in total. The second-order valence-corrected chi connectivity index (χ2v) is 8.23. The van der Waals surface area contributed by atoms with Gasteiger partial charge in [-0.1, -0.05) is 41.9 Å². The van der Waals surface area contributed by atoms with Crippen LogP contribution in [0, 0.1) is 0 Å². The number of hydrogen-bond acceptors (Lipinski definition) is 5. The van der Waals surface area contributed by atoms with Crippen LogP contribution in [0.5, 0.6) is 0 Å². The number of hydrogen-bond donors (Lipinski definition) is 2. The summed E-state index contributed by atoms with van der Waals surface area (Å²) >= 11 is 5.74. The SMILES string of the molecule is CC(NS(=O)(=O)c1ccc(Cl)cc1)C(=O)OC(C)C(=O)NCc1ccccc1. The van der Waals surface area contributed by atoms with Gasteiger partial charge in [-0.15, -0.1) is 0 Å². The lowest BCUT2D eigenvalue weighted by Gasteiger charge is -2.17. The number of rotatable bonds is 8. The van der Waals surface area contributed by atoms with E-state index in [1.165, 1.54) is 38.1 Å². The zero-order valence-electron chi connectivity index (χ0n) is 15.4. The molecule has 0 heterocycles. The topological polar surface area (TPSA) is 102 Å². The first-order chi connectivity index (χ1) is 13.2. The normalized spacial score (nSPS) is 13.4. The van der Waals surface area contributed by atoms with Gasteiger partial charge in [-0.25, -0.2) is 8.42 Å². The molecule has 2 aromatic carbocycles. The zero-order valence-corrected chi connectivity index (χ0v) is 17.0. The molecule has 0 saturated carbocycles. The van der Waals surface area contributed by atoms with E-state index in [1.807, 2.05) is 30.3 Å². The van der Waals surface area contributed by atoms with Gasteiger partial charge in [0.25, 0.3) is 5.91 Å². The van der Waals surface area contributed by atoms with E-state index in [9.17, 15) is 18.0 Å². The molecule has 28 heavy (non-hydrogen) atoms. The minimum atomic E-state index is -3.93. The molecule has 0 aliphatic rings. The molecule has 0 aromatic heterocycles. The highest BCUT2D eigenvalue weighted by molar-refractivity contribution is 7.89. The van der Waals surface area contributed by atoms with E-state index in [-0.39, 0.29) is 4.90 Å². The highest BCUT2D eigenvalue weighted by Gasteiger charge is 2.26. The van der Waals surface area contributed by atoms with Gasteiger partial charge in [-0.3, -0.25) is 9.59 Å². The van der Waals surface area contributed by atoms with Crippen LogP contribution in [0.15, 0.2) is 59.5 Å². The summed E-state index contributed by atoms with van der Waals surface area (Å²) in [6, 6.07) is 13.6. The Morgan fingerprint density at radius 3 is 2.25 bits per heavy atom. The van der Waals surface area contributed by atoms with Crippen LogP contribution in [-0.4, -0.2) is 32.4 Å². The maximum atomic E-state index is 12.3. The van der Waals surface area contributed by atoms with Crippen molar-refractivity contribution in [3.05, 3.63) is 65.2 Å². The van der Waals surface area contributed by atoms with Gasteiger partial charge in [0.15, 0.2) is 6.10 Å². The number of benzene rings is 2. The molecule has 2 aromatic rings. The van der Waals surface area contributed by atoms with Gasteiger partial charge < -0.3 is 10.1 Å². The molecule has 2 rings (SSSR count). The largest absolute Gasteiger partial charge is 0.451 e. The van der Waals surface area contributed by atoms with Gasteiger partial charge in [-0.05, 0) is 43.7 Å². The minimum absolute atomic E-state index is 0.0368. The summed E-state index contributed by atoms with van der Waals surface area (Å²) in [5, 5.41) is 3.05. The monoisotopic (exact) mass is 424 g/mol. The molecular weight excluding hydrogens is 404 g/mol. The molecule has 0 saturated heterocycles. The van der Waals surface area contributed by atoms with Crippen molar-refractivity contribution in [3.63, 3.8) is 0 Å². The lowest BCUT2D eigenvalue weighted by Crippen LogP contribution is -2.43. The second-order valence-electron chi connectivity index (χ2n) is 6.08. The number of sulfonamides is 1. The summed E-state index contributed by atoms with van der Waals surface area (Å²) in [7, 11) is -3.93. The van der Waals surface area contributed by atoms with Crippen molar-refractivity contribution in [2.45, 2.75) is 37.4 Å². The van der Waals surface area contributed by atoms with Crippen molar-refractivity contribution in [3.8, 4) is 0 Å². The number of ether oxygens (including phenoxy) is 1. The Kier molecular flexibility index (Phi) is 7.56. The Labute approximate surface area is 169 Å². The highest BCUT2D eigenvalue weighted by atomic mass is 35.5. The molecule has 0 radical (unpaired) electrons. The highest BCUT2D eigenvalue weighted by Crippen LogP contribution is 2.14. The fourth-order valence-electron chi connectivity index (χ4n) is 2.22. The van der Waals surface area contributed by atoms with Crippen LogP contribution >= 0.6 is 11.6 Å². The van der Waals surface area contributed by atoms with Gasteiger partial charge >= 0.3 is 5.97 Å². The van der Waals surface area contributed by atoms with Crippen LogP contribution in [0.3, 0.4) is 0 Å². The van der Waals surface area contributed by atoms with Gasteiger partial charge in [0, 0.05) is 11.6 Å². The van der Waals surface area contributed by atoms with E-state index in [2.05, 4.69) is 10.0 Å². The summed E-state index contributed by atoms with van der Waals surface area (Å²) in [6.07, 6.45) is -1.07. The molecule has 0 aliphatic carbocycles. The molecule has 1 amide bonds. The number of nitrogens with one attached hydrogen (secondary N) is 2. The molecular formula is C19H21ClN2O5S. The molecule has 0 spiro atoms. The molecule has 0 aliphatic heterocycles. The number of amides is 1. The summed E-state index contributed by atoms with van der Waals surface area (Å²) in [4.78, 5) is 24.2. The number of esters is 1. The number of carbonyl (C=O) groups is 2. The van der Waals surface area contributed by atoms with Gasteiger partial charge in [-0.2, -0.15) is 4.72 Å². The van der Waals surface area contributed by atoms with Crippen molar-refractivity contribution in [2.75, 3.05) is 0 Å². The Balaban J connectivity index is 1.88. The van der Waals surface area contributed by atoms with Crippen LogP contribution in [0.1, 0.15) is 19.4 Å². The molecule has 150 valence electrons. The minimum Gasteiger partial charge on any atom is -0.451 e. The Morgan fingerprint density at radius 1 is 1.04 bits per heavy atom. The quantitative estimate of drug-likeness (QED) is 0.633. The molecule has 2 N–H and O–H groups in total. The Morgan fingerprint density at radius 2 is 1.64 bits per heavy atom. The van der Waals surface area contributed by atoms with E-state index in [1.54, 1.807) is 0 Å². The van der Waals surface area contributed by atoms with Crippen LogP contribution in [0.2, 0.25) is 5.02 Å². The smallest absolute Gasteiger partial charge is 0.324 e. The summed E-state index contributed by atoms with van der Waals surface area (Å²) in [6.45, 7) is 3.04. The lowest BCUT2D eigenvalue weighted by atomic mass is 10.2. The first kappa shape index (κ1) is 21.9. The first-order valence-electron chi connectivity index (χ1n) is 8.49. The van der Waals surface area contributed by atoms with E-state index in [0.29, 0.717) is 11.6 Å². The van der Waals surface area contributed by atoms with Crippen LogP contribution in [0.25, 0.3) is 0 Å². The average Bonchev–Trinajstić information content (AvgIpc) is 2.66. The van der Waals surface area contributed by atoms with E-state index in [4.69, 9.17) is 16.3 Å². The van der Waals surface area contributed by atoms with E-state index in [0.717, 1.165) is 5.56 Å². The average molecular weight is 425 g/mol. The van der Waals surface area contributed by atoms with E-state index >= 15 is 0 Å². The van der Waals surface area contributed by atoms with Crippen LogP contribution < -0.4 is 10.0 Å². The maximum Gasteiger partial charge on any atom is 0.324 e. The van der Waals surface area contributed by atoms with Gasteiger partial charge in [0.1, 0.15) is 6.04 Å². The predicted octanol–water partition coefficient (Wildman–Crippen LogP) is 2.25. The molecule has 9 heteroatoms. The van der Waals surface area contributed by atoms with Crippen molar-refractivity contribution in [1.82, 2.24) is 10.0 Å². The second kappa shape index (κ2) is 9.68. The Hall–Kier alpha value is -2.42. The molecule has 0 fully saturated rings. The van der Waals surface area contributed by atoms with Crippen molar-refractivity contribution in [1.29, 1.82) is 0 Å². The summed E-state index contributed by atoms with van der Waals surface area (Å²) in [5.41, 5.74) is 0.901. The van der Waals surface area contributed by atoms with Crippen molar-refractivity contribution < 1.29 is 22.7 Å². The third-order valence-electron chi connectivity index (χ3n) is 3.78. The van der Waals surface area contributed by atoms with E-state index < -0.39 is 34.0 Å². The Bertz CT molecular complexity index is 917. The standard InChI is InChI=1S/C19H21ClN2O5S/c1-13(22-28(25,26)17-10-8-16(20)9-11-17)19(24)27-14(2)18(23)21-12-15-6-4-3-5-7-15/h3-11,13-14,22H,12H2,1-2H3,(H,21,23). The molecule has 2 unspecified atom stereocenters. The molecule has 0 bridgehead atoms. The van der Waals surface area contributed by atoms with Crippen molar-refractivity contribution in [2.24, 2.45) is 0 Å². The molecule has 2 atom stereocenters. The van der Waals surface area contributed by atoms with Crippen LogP contribution in [0.4, 0.5) is 0 Å².